The summed E-state index contributed by atoms with van der Waals surface area (Å²) in [6.45, 7) is 4.40. The lowest BCUT2D eigenvalue weighted by atomic mass is 9.98. The van der Waals surface area contributed by atoms with Crippen LogP contribution in [0.2, 0.25) is 0 Å². The van der Waals surface area contributed by atoms with Crippen LogP contribution in [0.25, 0.3) is 0 Å². The number of rotatable bonds is 6. The number of hydrogen-bond donors (Lipinski definition) is 4. The van der Waals surface area contributed by atoms with E-state index in [1.54, 1.807) is 16.7 Å². The number of fused-ring (bicyclic) bond motifs is 2. The summed E-state index contributed by atoms with van der Waals surface area (Å²) in [6.07, 6.45) is -0.0434. The molecule has 0 radical (unpaired) electrons. The Morgan fingerprint density at radius 1 is 1.28 bits per heavy atom. The summed E-state index contributed by atoms with van der Waals surface area (Å²) in [4.78, 5) is 16.3. The van der Waals surface area contributed by atoms with E-state index in [4.69, 9.17) is 15.9 Å². The van der Waals surface area contributed by atoms with Crippen LogP contribution in [0, 0.1) is 11.3 Å². The maximum atomic E-state index is 12.4. The Morgan fingerprint density at radius 2 is 2.00 bits per heavy atom. The molecule has 0 aliphatic carbocycles. The number of nitrogens with one attached hydrogen (secondary N) is 2. The summed E-state index contributed by atoms with van der Waals surface area (Å²) in [5.41, 5.74) is 8.35. The van der Waals surface area contributed by atoms with E-state index in [-0.39, 0.29) is 35.7 Å². The molecule has 1 fully saturated rings. The third-order valence-electron chi connectivity index (χ3n) is 5.64. The zero-order valence-electron chi connectivity index (χ0n) is 18.1. The SMILES string of the molecule is CC(C)C[C@@H](C(N)=O)N(C(=N)c1ccc2c(c1)Nc1ccccc1S2)[C@H]1CCOC1O.I. The van der Waals surface area contributed by atoms with Crippen LogP contribution in [0.4, 0.5) is 11.4 Å². The molecule has 172 valence electrons. The van der Waals surface area contributed by atoms with Crippen molar-refractivity contribution in [2.75, 3.05) is 11.9 Å². The molecule has 1 saturated heterocycles. The van der Waals surface area contributed by atoms with Crippen molar-refractivity contribution in [3.05, 3.63) is 48.0 Å². The molecule has 2 heterocycles. The standard InChI is InChI=1S/C23H28N4O3S.HI/c1-13(2)11-18(22(25)28)27(17-9-10-30-23(17)29)21(24)14-7-8-20-16(12-14)26-15-5-3-4-6-19(15)31-20;/h3-8,12-13,17-18,23-24,26,29H,9-11H2,1-2H3,(H2,25,28);1H/t17-,18-,23?;/m0./s1. The first-order valence-electron chi connectivity index (χ1n) is 10.5. The van der Waals surface area contributed by atoms with Gasteiger partial charge in [-0.3, -0.25) is 10.2 Å². The van der Waals surface area contributed by atoms with E-state index in [9.17, 15) is 9.90 Å². The van der Waals surface area contributed by atoms with Crippen molar-refractivity contribution in [3.8, 4) is 0 Å². The van der Waals surface area contributed by atoms with Crippen molar-refractivity contribution in [3.63, 3.8) is 0 Å². The third kappa shape index (κ3) is 5.05. The van der Waals surface area contributed by atoms with Gasteiger partial charge in [0, 0.05) is 15.4 Å². The lowest BCUT2D eigenvalue weighted by Crippen LogP contribution is -2.55. The fourth-order valence-electron chi connectivity index (χ4n) is 4.14. The number of primary amides is 1. The molecule has 9 heteroatoms. The minimum absolute atomic E-state index is 0. The highest BCUT2D eigenvalue weighted by Crippen LogP contribution is 2.44. The van der Waals surface area contributed by atoms with Crippen LogP contribution in [-0.4, -0.2) is 46.7 Å². The van der Waals surface area contributed by atoms with Gasteiger partial charge >= 0.3 is 0 Å². The number of carbonyl (C=O) groups excluding carboxylic acids is 1. The predicted octanol–water partition coefficient (Wildman–Crippen LogP) is 4.15. The van der Waals surface area contributed by atoms with Crippen molar-refractivity contribution in [2.24, 2.45) is 11.7 Å². The molecule has 2 aliphatic rings. The average Bonchev–Trinajstić information content (AvgIpc) is 3.16. The van der Waals surface area contributed by atoms with Crippen molar-refractivity contribution < 1.29 is 14.6 Å². The number of ether oxygens (including phenoxy) is 1. The number of nitrogens with zero attached hydrogens (tertiary/aromatic N) is 1. The topological polar surface area (TPSA) is 112 Å². The summed E-state index contributed by atoms with van der Waals surface area (Å²) < 4.78 is 5.35. The van der Waals surface area contributed by atoms with Crippen LogP contribution in [-0.2, 0) is 9.53 Å². The van der Waals surface area contributed by atoms with Gasteiger partial charge in [-0.2, -0.15) is 0 Å². The number of hydrogen-bond acceptors (Lipinski definition) is 6. The van der Waals surface area contributed by atoms with Crippen LogP contribution in [0.5, 0.6) is 0 Å². The van der Waals surface area contributed by atoms with Crippen molar-refractivity contribution >= 4 is 58.9 Å². The molecule has 0 spiro atoms. The first-order chi connectivity index (χ1) is 14.8. The lowest BCUT2D eigenvalue weighted by molar-refractivity contribution is -0.126. The first-order valence-corrected chi connectivity index (χ1v) is 11.3. The van der Waals surface area contributed by atoms with Crippen LogP contribution in [0.1, 0.15) is 32.3 Å². The highest BCUT2D eigenvalue weighted by molar-refractivity contribution is 14.0. The molecular formula is C23H29IN4O3S. The highest BCUT2D eigenvalue weighted by Gasteiger charge is 2.40. The van der Waals surface area contributed by atoms with Gasteiger partial charge in [-0.15, -0.1) is 24.0 Å². The number of carbonyl (C=O) groups is 1. The maximum absolute atomic E-state index is 12.4. The third-order valence-corrected chi connectivity index (χ3v) is 6.79. The maximum Gasteiger partial charge on any atom is 0.240 e. The molecule has 7 nitrogen and oxygen atoms in total. The molecule has 2 aliphatic heterocycles. The molecule has 1 unspecified atom stereocenters. The second-order valence-corrected chi connectivity index (χ2v) is 9.44. The largest absolute Gasteiger partial charge is 0.368 e. The number of para-hydroxylation sites is 1. The van der Waals surface area contributed by atoms with Gasteiger partial charge in [0.1, 0.15) is 11.9 Å². The smallest absolute Gasteiger partial charge is 0.240 e. The first kappa shape index (κ1) is 24.8. The predicted molar refractivity (Wildman–Crippen MR) is 137 cm³/mol. The molecule has 0 bridgehead atoms. The Kier molecular flexibility index (Phi) is 8.07. The molecule has 0 saturated carbocycles. The summed E-state index contributed by atoms with van der Waals surface area (Å²) >= 11 is 1.68. The number of amidine groups is 1. The molecule has 3 atom stereocenters. The Hall–Kier alpha value is -1.82. The van der Waals surface area contributed by atoms with Gasteiger partial charge in [0.05, 0.1) is 24.0 Å². The van der Waals surface area contributed by atoms with Gasteiger partial charge in [-0.25, -0.2) is 0 Å². The Bertz CT molecular complexity index is 1000. The van der Waals surface area contributed by atoms with E-state index < -0.39 is 24.3 Å². The normalized spacial score (nSPS) is 19.9. The van der Waals surface area contributed by atoms with Crippen LogP contribution >= 0.6 is 35.7 Å². The molecule has 1 amide bonds. The zero-order valence-corrected chi connectivity index (χ0v) is 21.2. The van der Waals surface area contributed by atoms with Crippen molar-refractivity contribution in [1.82, 2.24) is 4.90 Å². The van der Waals surface area contributed by atoms with Crippen molar-refractivity contribution in [2.45, 2.75) is 54.9 Å². The number of nitrogens with two attached hydrogens (primary N) is 1. The van der Waals surface area contributed by atoms with Gasteiger partial charge in [0.25, 0.3) is 0 Å². The molecule has 32 heavy (non-hydrogen) atoms. The summed E-state index contributed by atoms with van der Waals surface area (Å²) in [5.74, 6) is -0.143. The quantitative estimate of drug-likeness (QED) is 0.202. The minimum atomic E-state index is -1.06. The van der Waals surface area contributed by atoms with Gasteiger partial charge < -0.3 is 25.8 Å². The lowest BCUT2D eigenvalue weighted by Gasteiger charge is -2.38. The fourth-order valence-corrected chi connectivity index (χ4v) is 5.11. The van der Waals surface area contributed by atoms with Crippen molar-refractivity contribution in [1.29, 1.82) is 5.41 Å². The highest BCUT2D eigenvalue weighted by atomic mass is 127. The van der Waals surface area contributed by atoms with Gasteiger partial charge in [0.2, 0.25) is 5.91 Å². The van der Waals surface area contributed by atoms with E-state index >= 15 is 0 Å². The number of anilines is 2. The van der Waals surface area contributed by atoms with E-state index in [1.165, 1.54) is 0 Å². The number of amides is 1. The second kappa shape index (κ2) is 10.4. The van der Waals surface area contributed by atoms with Gasteiger partial charge in [-0.1, -0.05) is 43.8 Å². The number of benzene rings is 2. The molecule has 4 rings (SSSR count). The fraction of sp³-hybridized carbons (Fsp3) is 0.391. The molecule has 0 aromatic heterocycles. The summed E-state index contributed by atoms with van der Waals surface area (Å²) in [6, 6.07) is 12.7. The Morgan fingerprint density at radius 3 is 2.66 bits per heavy atom. The molecular weight excluding hydrogens is 539 g/mol. The second-order valence-electron chi connectivity index (χ2n) is 8.36. The van der Waals surface area contributed by atoms with E-state index in [0.29, 0.717) is 25.0 Å². The molecule has 2 aromatic carbocycles. The number of halogens is 1. The summed E-state index contributed by atoms with van der Waals surface area (Å²) in [5, 5.41) is 22.8. The van der Waals surface area contributed by atoms with Crippen LogP contribution in [0.3, 0.4) is 0 Å². The number of aliphatic hydroxyl groups excluding tert-OH is 1. The summed E-state index contributed by atoms with van der Waals surface area (Å²) in [7, 11) is 0. The Balaban J connectivity index is 0.00000289. The van der Waals surface area contributed by atoms with Gasteiger partial charge in [-0.05, 0) is 43.0 Å². The van der Waals surface area contributed by atoms with E-state index in [1.807, 2.05) is 50.2 Å². The average molecular weight is 568 g/mol. The molecule has 2 aromatic rings. The van der Waals surface area contributed by atoms with Gasteiger partial charge in [0.15, 0.2) is 6.29 Å². The number of aliphatic hydroxyl groups is 1. The Labute approximate surface area is 209 Å². The molecule has 5 N–H and O–H groups in total. The van der Waals surface area contributed by atoms with E-state index in [2.05, 4.69) is 11.4 Å². The minimum Gasteiger partial charge on any atom is -0.368 e. The zero-order chi connectivity index (χ0) is 22.1. The van der Waals surface area contributed by atoms with Crippen LogP contribution < -0.4 is 11.1 Å². The van der Waals surface area contributed by atoms with E-state index in [0.717, 1.165) is 21.2 Å². The monoisotopic (exact) mass is 568 g/mol. The van der Waals surface area contributed by atoms with Crippen LogP contribution in [0.15, 0.2) is 52.3 Å².